The highest BCUT2D eigenvalue weighted by Gasteiger charge is 2.08. The van der Waals surface area contributed by atoms with Gasteiger partial charge in [-0.2, -0.15) is 0 Å². The van der Waals surface area contributed by atoms with Crippen molar-refractivity contribution in [3.8, 4) is 5.75 Å². The number of fused-ring (bicyclic) bond motifs is 1. The molecule has 1 unspecified atom stereocenters. The van der Waals surface area contributed by atoms with Gasteiger partial charge in [-0.25, -0.2) is 0 Å². The summed E-state index contributed by atoms with van der Waals surface area (Å²) in [7, 11) is 1.67. The minimum atomic E-state index is -0.0581. The van der Waals surface area contributed by atoms with Gasteiger partial charge in [0.15, 0.2) is 0 Å². The zero-order valence-corrected chi connectivity index (χ0v) is 11.5. The summed E-state index contributed by atoms with van der Waals surface area (Å²) in [6.07, 6.45) is 4.94. The number of anilines is 1. The maximum Gasteiger partial charge on any atom is 0.121 e. The van der Waals surface area contributed by atoms with Crippen LogP contribution in [-0.2, 0) is 0 Å². The standard InChI is InChI=1S/C15H21N3O/c1-3-4-7-14(16)18-13-10-12(19-2)9-11-6-5-8-17-15(11)13/h5-6,8-10,14,18H,3-4,7,16H2,1-2H3. The molecule has 0 saturated carbocycles. The lowest BCUT2D eigenvalue weighted by molar-refractivity contribution is 0.415. The minimum absolute atomic E-state index is 0.0581. The van der Waals surface area contributed by atoms with Crippen LogP contribution in [0.5, 0.6) is 5.75 Å². The maximum atomic E-state index is 6.09. The molecule has 1 aromatic carbocycles. The Bertz CT molecular complexity index is 542. The number of unbranched alkanes of at least 4 members (excludes halogenated alkanes) is 1. The van der Waals surface area contributed by atoms with Gasteiger partial charge < -0.3 is 15.8 Å². The van der Waals surface area contributed by atoms with E-state index in [0.29, 0.717) is 0 Å². The second-order valence-corrected chi connectivity index (χ2v) is 4.64. The molecule has 0 spiro atoms. The van der Waals surface area contributed by atoms with Gasteiger partial charge in [-0.05, 0) is 18.6 Å². The summed E-state index contributed by atoms with van der Waals surface area (Å²) >= 11 is 0. The lowest BCUT2D eigenvalue weighted by atomic mass is 10.1. The van der Waals surface area contributed by atoms with Crippen LogP contribution in [0.1, 0.15) is 26.2 Å². The van der Waals surface area contributed by atoms with E-state index in [1.807, 2.05) is 24.3 Å². The predicted octanol–water partition coefficient (Wildman–Crippen LogP) is 3.13. The van der Waals surface area contributed by atoms with Crippen LogP contribution in [0.4, 0.5) is 5.69 Å². The van der Waals surface area contributed by atoms with Crippen LogP contribution in [0.2, 0.25) is 0 Å². The first kappa shape index (κ1) is 13.6. The molecule has 4 heteroatoms. The van der Waals surface area contributed by atoms with E-state index in [0.717, 1.165) is 41.6 Å². The molecule has 0 fully saturated rings. The third-order valence-electron chi connectivity index (χ3n) is 3.12. The Morgan fingerprint density at radius 2 is 2.26 bits per heavy atom. The van der Waals surface area contributed by atoms with Crippen molar-refractivity contribution in [3.63, 3.8) is 0 Å². The van der Waals surface area contributed by atoms with Crippen molar-refractivity contribution in [1.82, 2.24) is 4.98 Å². The van der Waals surface area contributed by atoms with E-state index in [2.05, 4.69) is 17.2 Å². The highest BCUT2D eigenvalue weighted by atomic mass is 16.5. The number of hydrogen-bond donors (Lipinski definition) is 2. The first-order valence-corrected chi connectivity index (χ1v) is 6.69. The highest BCUT2D eigenvalue weighted by molar-refractivity contribution is 5.91. The van der Waals surface area contributed by atoms with Crippen LogP contribution in [0.3, 0.4) is 0 Å². The molecule has 19 heavy (non-hydrogen) atoms. The van der Waals surface area contributed by atoms with E-state index in [4.69, 9.17) is 10.5 Å². The number of rotatable bonds is 6. The minimum Gasteiger partial charge on any atom is -0.497 e. The van der Waals surface area contributed by atoms with E-state index >= 15 is 0 Å². The summed E-state index contributed by atoms with van der Waals surface area (Å²) in [4.78, 5) is 4.42. The second kappa shape index (κ2) is 6.38. The van der Waals surface area contributed by atoms with Crippen molar-refractivity contribution < 1.29 is 4.74 Å². The highest BCUT2D eigenvalue weighted by Crippen LogP contribution is 2.28. The molecule has 1 atom stereocenters. The quantitative estimate of drug-likeness (QED) is 0.782. The average Bonchev–Trinajstić information content (AvgIpc) is 2.44. The normalized spacial score (nSPS) is 12.4. The van der Waals surface area contributed by atoms with Crippen LogP contribution in [0, 0.1) is 0 Å². The molecule has 0 amide bonds. The molecule has 2 aromatic rings. The Hall–Kier alpha value is -1.81. The lowest BCUT2D eigenvalue weighted by Gasteiger charge is -2.17. The third kappa shape index (κ3) is 3.35. The first-order valence-electron chi connectivity index (χ1n) is 6.69. The molecular weight excluding hydrogens is 238 g/mol. The Morgan fingerprint density at radius 1 is 1.42 bits per heavy atom. The molecule has 102 valence electrons. The SMILES string of the molecule is CCCCC(N)Nc1cc(OC)cc2cccnc12. The van der Waals surface area contributed by atoms with Gasteiger partial charge in [0.25, 0.3) is 0 Å². The van der Waals surface area contributed by atoms with Gasteiger partial charge in [0.1, 0.15) is 5.75 Å². The number of pyridine rings is 1. The summed E-state index contributed by atoms with van der Waals surface area (Å²) in [5, 5.41) is 4.38. The number of ether oxygens (including phenoxy) is 1. The lowest BCUT2D eigenvalue weighted by Crippen LogP contribution is -2.29. The van der Waals surface area contributed by atoms with Crippen molar-refractivity contribution in [2.24, 2.45) is 5.73 Å². The largest absolute Gasteiger partial charge is 0.497 e. The van der Waals surface area contributed by atoms with Gasteiger partial charge in [-0.1, -0.05) is 25.8 Å². The second-order valence-electron chi connectivity index (χ2n) is 4.64. The predicted molar refractivity (Wildman–Crippen MR) is 79.4 cm³/mol. The van der Waals surface area contributed by atoms with Gasteiger partial charge in [0.05, 0.1) is 24.5 Å². The molecule has 1 aromatic heterocycles. The van der Waals surface area contributed by atoms with Crippen molar-refractivity contribution in [2.45, 2.75) is 32.4 Å². The molecule has 4 nitrogen and oxygen atoms in total. The summed E-state index contributed by atoms with van der Waals surface area (Å²) in [6, 6.07) is 7.86. The van der Waals surface area contributed by atoms with Crippen LogP contribution >= 0.6 is 0 Å². The Kier molecular flexibility index (Phi) is 4.58. The molecule has 0 aliphatic carbocycles. The monoisotopic (exact) mass is 259 g/mol. The van der Waals surface area contributed by atoms with Crippen LogP contribution in [0.15, 0.2) is 30.5 Å². The Balaban J connectivity index is 2.29. The van der Waals surface area contributed by atoms with Crippen molar-refractivity contribution in [3.05, 3.63) is 30.5 Å². The summed E-state index contributed by atoms with van der Waals surface area (Å²) in [5.41, 5.74) is 7.95. The fourth-order valence-electron chi connectivity index (χ4n) is 2.09. The number of methoxy groups -OCH3 is 1. The molecule has 3 N–H and O–H groups in total. The van der Waals surface area contributed by atoms with E-state index in [-0.39, 0.29) is 6.17 Å². The van der Waals surface area contributed by atoms with E-state index < -0.39 is 0 Å². The summed E-state index contributed by atoms with van der Waals surface area (Å²) in [5.74, 6) is 0.811. The molecule has 0 aliphatic rings. The Morgan fingerprint density at radius 3 is 3.00 bits per heavy atom. The molecular formula is C15H21N3O. The topological polar surface area (TPSA) is 60.2 Å². The number of nitrogens with two attached hydrogens (primary N) is 1. The van der Waals surface area contributed by atoms with Crippen LogP contribution in [-0.4, -0.2) is 18.3 Å². The molecule has 1 heterocycles. The van der Waals surface area contributed by atoms with Gasteiger partial charge >= 0.3 is 0 Å². The Labute approximate surface area is 114 Å². The van der Waals surface area contributed by atoms with E-state index in [1.165, 1.54) is 0 Å². The number of hydrogen-bond acceptors (Lipinski definition) is 4. The molecule has 0 aliphatic heterocycles. The van der Waals surface area contributed by atoms with Gasteiger partial charge in [-0.15, -0.1) is 0 Å². The molecule has 0 bridgehead atoms. The van der Waals surface area contributed by atoms with Gasteiger partial charge in [-0.3, -0.25) is 4.98 Å². The third-order valence-corrected chi connectivity index (χ3v) is 3.12. The number of benzene rings is 1. The van der Waals surface area contributed by atoms with Crippen molar-refractivity contribution in [1.29, 1.82) is 0 Å². The fourth-order valence-corrected chi connectivity index (χ4v) is 2.09. The average molecular weight is 259 g/mol. The van der Waals surface area contributed by atoms with E-state index in [9.17, 15) is 0 Å². The zero-order valence-electron chi connectivity index (χ0n) is 11.5. The van der Waals surface area contributed by atoms with E-state index in [1.54, 1.807) is 13.3 Å². The van der Waals surface area contributed by atoms with Gasteiger partial charge in [0, 0.05) is 17.6 Å². The summed E-state index contributed by atoms with van der Waals surface area (Å²) in [6.45, 7) is 2.16. The molecule has 0 saturated heterocycles. The molecule has 0 radical (unpaired) electrons. The number of aromatic nitrogens is 1. The van der Waals surface area contributed by atoms with Crippen molar-refractivity contribution in [2.75, 3.05) is 12.4 Å². The van der Waals surface area contributed by atoms with Crippen LogP contribution in [0.25, 0.3) is 10.9 Å². The smallest absolute Gasteiger partial charge is 0.121 e. The van der Waals surface area contributed by atoms with Gasteiger partial charge in [0.2, 0.25) is 0 Å². The number of nitrogens with zero attached hydrogens (tertiary/aromatic N) is 1. The fraction of sp³-hybridized carbons (Fsp3) is 0.400. The number of nitrogens with one attached hydrogen (secondary N) is 1. The summed E-state index contributed by atoms with van der Waals surface area (Å²) < 4.78 is 5.32. The van der Waals surface area contributed by atoms with Crippen molar-refractivity contribution >= 4 is 16.6 Å². The van der Waals surface area contributed by atoms with Crippen LogP contribution < -0.4 is 15.8 Å². The molecule has 2 rings (SSSR count). The zero-order chi connectivity index (χ0) is 13.7. The maximum absolute atomic E-state index is 6.09. The first-order chi connectivity index (χ1) is 9.24.